The second-order valence-electron chi connectivity index (χ2n) is 4.77. The van der Waals surface area contributed by atoms with Gasteiger partial charge in [0.05, 0.1) is 0 Å². The van der Waals surface area contributed by atoms with Crippen molar-refractivity contribution in [3.63, 3.8) is 0 Å². The summed E-state index contributed by atoms with van der Waals surface area (Å²) in [6.45, 7) is 2.42. The molecule has 0 bridgehead atoms. The van der Waals surface area contributed by atoms with E-state index in [0.717, 1.165) is 17.5 Å². The number of aromatic nitrogens is 1. The van der Waals surface area contributed by atoms with Gasteiger partial charge in [-0.25, -0.2) is 4.39 Å². The normalized spacial score (nSPS) is 12.2. The lowest BCUT2D eigenvalue weighted by Gasteiger charge is -2.14. The molecule has 20 heavy (non-hydrogen) atoms. The lowest BCUT2D eigenvalue weighted by atomic mass is 10.0. The summed E-state index contributed by atoms with van der Waals surface area (Å²) < 4.78 is 19.1. The quantitative estimate of drug-likeness (QED) is 0.880. The number of benzene rings is 1. The number of pyridine rings is 1. The van der Waals surface area contributed by atoms with E-state index < -0.39 is 0 Å². The molecule has 0 fully saturated rings. The number of hydrogen-bond acceptors (Lipinski definition) is 3. The maximum Gasteiger partial charge on any atom is 0.123 e. The van der Waals surface area contributed by atoms with Crippen LogP contribution in [0.15, 0.2) is 42.7 Å². The van der Waals surface area contributed by atoms with E-state index in [9.17, 15) is 4.39 Å². The van der Waals surface area contributed by atoms with Crippen molar-refractivity contribution in [2.45, 2.75) is 32.4 Å². The molecule has 1 aromatic heterocycles. The second kappa shape index (κ2) is 7.01. The molecule has 1 unspecified atom stereocenters. The fraction of sp³-hybridized carbons (Fsp3) is 0.312. The summed E-state index contributed by atoms with van der Waals surface area (Å²) in [4.78, 5) is 4.04. The van der Waals surface area contributed by atoms with Gasteiger partial charge in [0.2, 0.25) is 0 Å². The molecule has 0 aliphatic carbocycles. The van der Waals surface area contributed by atoms with E-state index in [-0.39, 0.29) is 11.9 Å². The summed E-state index contributed by atoms with van der Waals surface area (Å²) in [5.74, 6) is 0.413. The molecule has 0 aliphatic heterocycles. The van der Waals surface area contributed by atoms with Crippen molar-refractivity contribution < 1.29 is 9.13 Å². The molecule has 0 spiro atoms. The van der Waals surface area contributed by atoms with Gasteiger partial charge in [-0.1, -0.05) is 13.0 Å². The standard InChI is InChI=1S/C16H19FN2O/c1-2-15(18)9-13-8-14(17)5-6-16(13)20-11-12-4-3-7-19-10-12/h3-8,10,15H,2,9,11,18H2,1H3. The Morgan fingerprint density at radius 3 is 2.90 bits per heavy atom. The van der Waals surface area contributed by atoms with Gasteiger partial charge < -0.3 is 10.5 Å². The van der Waals surface area contributed by atoms with Crippen LogP contribution >= 0.6 is 0 Å². The predicted molar refractivity (Wildman–Crippen MR) is 76.9 cm³/mol. The Labute approximate surface area is 118 Å². The van der Waals surface area contributed by atoms with Gasteiger partial charge >= 0.3 is 0 Å². The van der Waals surface area contributed by atoms with E-state index in [4.69, 9.17) is 10.5 Å². The van der Waals surface area contributed by atoms with E-state index in [1.165, 1.54) is 12.1 Å². The Balaban J connectivity index is 2.10. The van der Waals surface area contributed by atoms with Crippen LogP contribution in [0.4, 0.5) is 4.39 Å². The third-order valence-electron chi connectivity index (χ3n) is 3.15. The van der Waals surface area contributed by atoms with Crippen molar-refractivity contribution in [2.75, 3.05) is 0 Å². The molecule has 2 aromatic rings. The number of ether oxygens (including phenoxy) is 1. The summed E-state index contributed by atoms with van der Waals surface area (Å²) in [5.41, 5.74) is 7.73. The third kappa shape index (κ3) is 4.03. The molecule has 4 heteroatoms. The van der Waals surface area contributed by atoms with Gasteiger partial charge in [0.1, 0.15) is 18.2 Å². The van der Waals surface area contributed by atoms with Crippen LogP contribution in [0.5, 0.6) is 5.75 Å². The minimum atomic E-state index is -0.267. The van der Waals surface area contributed by atoms with Gasteiger partial charge in [0.25, 0.3) is 0 Å². The van der Waals surface area contributed by atoms with Crippen molar-refractivity contribution in [3.8, 4) is 5.75 Å². The van der Waals surface area contributed by atoms with Crippen LogP contribution in [0.25, 0.3) is 0 Å². The van der Waals surface area contributed by atoms with Gasteiger partial charge in [-0.3, -0.25) is 4.98 Å². The Morgan fingerprint density at radius 2 is 2.20 bits per heavy atom. The highest BCUT2D eigenvalue weighted by molar-refractivity contribution is 5.35. The van der Waals surface area contributed by atoms with Crippen LogP contribution in [0.3, 0.4) is 0 Å². The molecule has 0 saturated heterocycles. The molecule has 3 nitrogen and oxygen atoms in total. The van der Waals surface area contributed by atoms with Crippen molar-refractivity contribution in [1.29, 1.82) is 0 Å². The van der Waals surface area contributed by atoms with Crippen molar-refractivity contribution in [2.24, 2.45) is 5.73 Å². The molecule has 0 aliphatic rings. The predicted octanol–water partition coefficient (Wildman–Crippen LogP) is 3.08. The summed E-state index contributed by atoms with van der Waals surface area (Å²) in [6, 6.07) is 8.36. The lowest BCUT2D eigenvalue weighted by molar-refractivity contribution is 0.301. The van der Waals surface area contributed by atoms with Crippen molar-refractivity contribution >= 4 is 0 Å². The first-order chi connectivity index (χ1) is 9.69. The summed E-state index contributed by atoms with van der Waals surface area (Å²) in [5, 5.41) is 0. The first-order valence-corrected chi connectivity index (χ1v) is 6.74. The topological polar surface area (TPSA) is 48.1 Å². The molecule has 106 valence electrons. The van der Waals surface area contributed by atoms with Crippen LogP contribution in [-0.4, -0.2) is 11.0 Å². The zero-order chi connectivity index (χ0) is 14.4. The fourth-order valence-corrected chi connectivity index (χ4v) is 1.92. The first-order valence-electron chi connectivity index (χ1n) is 6.74. The largest absolute Gasteiger partial charge is 0.489 e. The summed E-state index contributed by atoms with van der Waals surface area (Å²) in [6.07, 6.45) is 4.92. The highest BCUT2D eigenvalue weighted by Crippen LogP contribution is 2.22. The maximum absolute atomic E-state index is 13.4. The minimum absolute atomic E-state index is 0.0116. The molecule has 0 amide bonds. The van der Waals surface area contributed by atoms with E-state index in [0.29, 0.717) is 18.8 Å². The molecule has 0 saturated carbocycles. The minimum Gasteiger partial charge on any atom is -0.489 e. The van der Waals surface area contributed by atoms with Gasteiger partial charge in [-0.2, -0.15) is 0 Å². The first kappa shape index (κ1) is 14.5. The van der Waals surface area contributed by atoms with E-state index in [1.54, 1.807) is 18.5 Å². The molecule has 0 radical (unpaired) electrons. The molecule has 1 heterocycles. The van der Waals surface area contributed by atoms with Crippen molar-refractivity contribution in [3.05, 3.63) is 59.7 Å². The maximum atomic E-state index is 13.4. The summed E-state index contributed by atoms with van der Waals surface area (Å²) >= 11 is 0. The van der Waals surface area contributed by atoms with Crippen LogP contribution in [-0.2, 0) is 13.0 Å². The highest BCUT2D eigenvalue weighted by atomic mass is 19.1. The van der Waals surface area contributed by atoms with E-state index in [2.05, 4.69) is 4.98 Å². The summed E-state index contributed by atoms with van der Waals surface area (Å²) in [7, 11) is 0. The molecule has 2 rings (SSSR count). The van der Waals surface area contributed by atoms with Crippen LogP contribution in [0, 0.1) is 5.82 Å². The number of halogens is 1. The number of hydrogen-bond donors (Lipinski definition) is 1. The van der Waals surface area contributed by atoms with Gasteiger partial charge in [0.15, 0.2) is 0 Å². The van der Waals surface area contributed by atoms with Gasteiger partial charge in [-0.15, -0.1) is 0 Å². The lowest BCUT2D eigenvalue weighted by Crippen LogP contribution is -2.21. The highest BCUT2D eigenvalue weighted by Gasteiger charge is 2.09. The molecule has 1 atom stereocenters. The Kier molecular flexibility index (Phi) is 5.07. The number of nitrogens with two attached hydrogens (primary N) is 1. The SMILES string of the molecule is CCC(N)Cc1cc(F)ccc1OCc1cccnc1. The Hall–Kier alpha value is -1.94. The van der Waals surface area contributed by atoms with Crippen molar-refractivity contribution in [1.82, 2.24) is 4.98 Å². The van der Waals surface area contributed by atoms with Crippen LogP contribution in [0.1, 0.15) is 24.5 Å². The Morgan fingerprint density at radius 1 is 1.35 bits per heavy atom. The number of nitrogens with zero attached hydrogens (tertiary/aromatic N) is 1. The average molecular weight is 274 g/mol. The zero-order valence-electron chi connectivity index (χ0n) is 11.6. The van der Waals surface area contributed by atoms with E-state index in [1.807, 2.05) is 19.1 Å². The molecule has 2 N–H and O–H groups in total. The van der Waals surface area contributed by atoms with Gasteiger partial charge in [-0.05, 0) is 42.7 Å². The van der Waals surface area contributed by atoms with E-state index >= 15 is 0 Å². The zero-order valence-corrected chi connectivity index (χ0v) is 11.6. The third-order valence-corrected chi connectivity index (χ3v) is 3.15. The molecular weight excluding hydrogens is 255 g/mol. The van der Waals surface area contributed by atoms with Crippen LogP contribution < -0.4 is 10.5 Å². The Bertz CT molecular complexity index is 545. The van der Waals surface area contributed by atoms with Crippen LogP contribution in [0.2, 0.25) is 0 Å². The molecule has 1 aromatic carbocycles. The smallest absolute Gasteiger partial charge is 0.123 e. The number of rotatable bonds is 6. The van der Waals surface area contributed by atoms with Gasteiger partial charge in [0, 0.05) is 24.0 Å². The average Bonchev–Trinajstić information content (AvgIpc) is 2.47. The molecular formula is C16H19FN2O. The second-order valence-corrected chi connectivity index (χ2v) is 4.77. The monoisotopic (exact) mass is 274 g/mol. The fourth-order valence-electron chi connectivity index (χ4n) is 1.92.